The number of carbonyl (C=O) groups excluding carboxylic acids is 2. The predicted octanol–water partition coefficient (Wildman–Crippen LogP) is 3.93. The van der Waals surface area contributed by atoms with E-state index in [9.17, 15) is 18.0 Å². The average Bonchev–Trinajstić information content (AvgIpc) is 3.26. The topological polar surface area (TPSA) is 92.3 Å². The molecule has 0 spiro atoms. The fourth-order valence-corrected chi connectivity index (χ4v) is 5.34. The molecule has 0 saturated heterocycles. The van der Waals surface area contributed by atoms with Gasteiger partial charge in [0, 0.05) is 23.4 Å². The van der Waals surface area contributed by atoms with Gasteiger partial charge in [0.2, 0.25) is 5.91 Å². The van der Waals surface area contributed by atoms with Gasteiger partial charge in [-0.1, -0.05) is 37.1 Å². The van der Waals surface area contributed by atoms with Crippen LogP contribution in [0.1, 0.15) is 48.0 Å². The van der Waals surface area contributed by atoms with E-state index in [1.54, 1.807) is 42.5 Å². The van der Waals surface area contributed by atoms with E-state index in [1.807, 2.05) is 13.0 Å². The molecule has 2 N–H and O–H groups in total. The molecular formula is C22H26N2O4S. The van der Waals surface area contributed by atoms with Gasteiger partial charge in [0.25, 0.3) is 5.91 Å². The zero-order valence-electron chi connectivity index (χ0n) is 16.5. The number of hydrogen-bond donors (Lipinski definition) is 2. The molecule has 2 aromatic carbocycles. The zero-order valence-corrected chi connectivity index (χ0v) is 17.3. The van der Waals surface area contributed by atoms with Crippen molar-refractivity contribution in [1.29, 1.82) is 0 Å². The predicted molar refractivity (Wildman–Crippen MR) is 115 cm³/mol. The van der Waals surface area contributed by atoms with Crippen LogP contribution < -0.4 is 10.6 Å². The summed E-state index contributed by atoms with van der Waals surface area (Å²) in [5, 5.41) is 5.28. The maximum Gasteiger partial charge on any atom is 0.255 e. The van der Waals surface area contributed by atoms with E-state index in [0.29, 0.717) is 29.8 Å². The molecule has 7 heteroatoms. The minimum Gasteiger partial charge on any atom is -0.326 e. The highest BCUT2D eigenvalue weighted by atomic mass is 32.2. The summed E-state index contributed by atoms with van der Waals surface area (Å²) in [6.45, 7) is 1.84. The van der Waals surface area contributed by atoms with Crippen molar-refractivity contribution in [3.8, 4) is 0 Å². The summed E-state index contributed by atoms with van der Waals surface area (Å²) in [7, 11) is -3.23. The fraction of sp³-hybridized carbons (Fsp3) is 0.364. The highest BCUT2D eigenvalue weighted by molar-refractivity contribution is 7.92. The quantitative estimate of drug-likeness (QED) is 0.718. The van der Waals surface area contributed by atoms with Crippen LogP contribution in [0.4, 0.5) is 11.4 Å². The first-order valence-electron chi connectivity index (χ1n) is 9.83. The van der Waals surface area contributed by atoms with Crippen LogP contribution in [0.3, 0.4) is 0 Å². The summed E-state index contributed by atoms with van der Waals surface area (Å²) in [6.07, 6.45) is 3.21. The fourth-order valence-electron chi connectivity index (χ4n) is 3.49. The monoisotopic (exact) mass is 414 g/mol. The molecule has 1 aliphatic rings. The summed E-state index contributed by atoms with van der Waals surface area (Å²) in [5.41, 5.74) is 2.47. The molecule has 6 nitrogen and oxygen atoms in total. The zero-order chi connectivity index (χ0) is 20.9. The summed E-state index contributed by atoms with van der Waals surface area (Å²) in [5.74, 6) is -0.719. The molecule has 2 amide bonds. The summed E-state index contributed by atoms with van der Waals surface area (Å²) >= 11 is 0. The molecule has 0 unspecified atom stereocenters. The highest BCUT2D eigenvalue weighted by Gasteiger charge is 2.28. The van der Waals surface area contributed by atoms with E-state index in [-0.39, 0.29) is 29.2 Å². The number of sulfone groups is 1. The Kier molecular flexibility index (Phi) is 6.69. The van der Waals surface area contributed by atoms with Gasteiger partial charge in [-0.25, -0.2) is 8.42 Å². The average molecular weight is 415 g/mol. The lowest BCUT2D eigenvalue weighted by atomic mass is 10.1. The van der Waals surface area contributed by atoms with Crippen molar-refractivity contribution in [3.63, 3.8) is 0 Å². The Morgan fingerprint density at radius 1 is 1.00 bits per heavy atom. The first-order valence-corrected chi connectivity index (χ1v) is 11.6. The van der Waals surface area contributed by atoms with E-state index in [2.05, 4.69) is 10.6 Å². The third-order valence-corrected chi connectivity index (χ3v) is 7.49. The van der Waals surface area contributed by atoms with Crippen molar-refractivity contribution in [2.24, 2.45) is 0 Å². The van der Waals surface area contributed by atoms with E-state index in [1.165, 1.54) is 0 Å². The number of rotatable bonds is 7. The maximum atomic E-state index is 12.3. The Labute approximate surface area is 171 Å². The lowest BCUT2D eigenvalue weighted by Gasteiger charge is -2.13. The second-order valence-corrected chi connectivity index (χ2v) is 9.82. The Balaban J connectivity index is 1.60. The molecular weight excluding hydrogens is 388 g/mol. The van der Waals surface area contributed by atoms with E-state index < -0.39 is 9.84 Å². The number of aryl methyl sites for hydroxylation is 1. The summed E-state index contributed by atoms with van der Waals surface area (Å²) in [4.78, 5) is 24.6. The third-order valence-electron chi connectivity index (χ3n) is 5.23. The first-order chi connectivity index (χ1) is 13.8. The molecule has 154 valence electrons. The van der Waals surface area contributed by atoms with Crippen LogP contribution in [-0.4, -0.2) is 31.2 Å². The molecule has 29 heavy (non-hydrogen) atoms. The Morgan fingerprint density at radius 2 is 1.69 bits per heavy atom. The number of benzene rings is 2. The number of nitrogens with one attached hydrogen (secondary N) is 2. The van der Waals surface area contributed by atoms with Gasteiger partial charge in [0.1, 0.15) is 0 Å². The molecule has 0 aliphatic heterocycles. The summed E-state index contributed by atoms with van der Waals surface area (Å²) < 4.78 is 24.7. The Bertz CT molecular complexity index is 981. The van der Waals surface area contributed by atoms with Crippen LogP contribution in [0, 0.1) is 6.92 Å². The van der Waals surface area contributed by atoms with Crippen molar-refractivity contribution in [3.05, 3.63) is 59.7 Å². The Morgan fingerprint density at radius 3 is 2.38 bits per heavy atom. The number of anilines is 2. The van der Waals surface area contributed by atoms with E-state index >= 15 is 0 Å². The van der Waals surface area contributed by atoms with Gasteiger partial charge >= 0.3 is 0 Å². The Hall–Kier alpha value is -2.67. The van der Waals surface area contributed by atoms with Gasteiger partial charge in [-0.3, -0.25) is 9.59 Å². The van der Waals surface area contributed by atoms with Gasteiger partial charge in [-0.05, 0) is 49.6 Å². The standard InChI is InChI=1S/C22H26N2O4S/c1-16-11-12-18(23-22(26)17-7-3-2-4-8-17)15-20(16)24-21(25)13-14-29(27,28)19-9-5-6-10-19/h2-4,7-8,11-12,15,19H,5-6,9-10,13-14H2,1H3,(H,23,26)(H,24,25). The lowest BCUT2D eigenvalue weighted by Crippen LogP contribution is -2.24. The van der Waals surface area contributed by atoms with Gasteiger partial charge in [0.05, 0.1) is 11.0 Å². The molecule has 0 aromatic heterocycles. The SMILES string of the molecule is Cc1ccc(NC(=O)c2ccccc2)cc1NC(=O)CCS(=O)(=O)C1CCCC1. The molecule has 1 fully saturated rings. The van der Waals surface area contributed by atoms with Gasteiger partial charge in [-0.2, -0.15) is 0 Å². The third kappa shape index (κ3) is 5.67. The molecule has 0 bridgehead atoms. The highest BCUT2D eigenvalue weighted by Crippen LogP contribution is 2.26. The molecule has 0 atom stereocenters. The van der Waals surface area contributed by atoms with E-state index in [0.717, 1.165) is 18.4 Å². The van der Waals surface area contributed by atoms with Crippen molar-refractivity contribution in [2.75, 3.05) is 16.4 Å². The van der Waals surface area contributed by atoms with Crippen LogP contribution >= 0.6 is 0 Å². The van der Waals surface area contributed by atoms with E-state index in [4.69, 9.17) is 0 Å². The van der Waals surface area contributed by atoms with Crippen LogP contribution in [0.25, 0.3) is 0 Å². The molecule has 3 rings (SSSR count). The minimum atomic E-state index is -3.23. The number of carbonyl (C=O) groups is 2. The molecule has 1 aliphatic carbocycles. The van der Waals surface area contributed by atoms with Crippen LogP contribution in [-0.2, 0) is 14.6 Å². The van der Waals surface area contributed by atoms with Crippen LogP contribution in [0.2, 0.25) is 0 Å². The normalized spacial score (nSPS) is 14.5. The minimum absolute atomic E-state index is 0.0706. The molecule has 0 heterocycles. The van der Waals surface area contributed by atoms with Crippen molar-refractivity contribution in [2.45, 2.75) is 44.3 Å². The first kappa shape index (κ1) is 21.0. The van der Waals surface area contributed by atoms with Gasteiger partial charge in [-0.15, -0.1) is 0 Å². The summed E-state index contributed by atoms with van der Waals surface area (Å²) in [6, 6.07) is 14.1. The van der Waals surface area contributed by atoms with Crippen LogP contribution in [0.5, 0.6) is 0 Å². The largest absolute Gasteiger partial charge is 0.326 e. The number of amides is 2. The lowest BCUT2D eigenvalue weighted by molar-refractivity contribution is -0.115. The van der Waals surface area contributed by atoms with Crippen molar-refractivity contribution >= 4 is 33.0 Å². The second kappa shape index (κ2) is 9.22. The smallest absolute Gasteiger partial charge is 0.255 e. The van der Waals surface area contributed by atoms with Crippen molar-refractivity contribution in [1.82, 2.24) is 0 Å². The molecule has 2 aromatic rings. The number of hydrogen-bond acceptors (Lipinski definition) is 4. The van der Waals surface area contributed by atoms with Crippen LogP contribution in [0.15, 0.2) is 48.5 Å². The second-order valence-electron chi connectivity index (χ2n) is 7.42. The maximum absolute atomic E-state index is 12.3. The van der Waals surface area contributed by atoms with Gasteiger partial charge in [0.15, 0.2) is 9.84 Å². The van der Waals surface area contributed by atoms with Crippen molar-refractivity contribution < 1.29 is 18.0 Å². The van der Waals surface area contributed by atoms with Gasteiger partial charge < -0.3 is 10.6 Å². The molecule has 1 saturated carbocycles. The molecule has 0 radical (unpaired) electrons.